The minimum atomic E-state index is -0.215. The topological polar surface area (TPSA) is 51.2 Å². The zero-order valence-corrected chi connectivity index (χ0v) is 12.1. The summed E-state index contributed by atoms with van der Waals surface area (Å²) in [5, 5.41) is 3.87. The number of carbonyl (C=O) groups excluding carboxylic acids is 1. The van der Waals surface area contributed by atoms with Gasteiger partial charge in [-0.25, -0.2) is 4.98 Å². The Morgan fingerprint density at radius 3 is 2.78 bits per heavy atom. The fourth-order valence-electron chi connectivity index (χ4n) is 1.24. The number of ether oxygens (including phenoxy) is 1. The van der Waals surface area contributed by atoms with E-state index in [-0.39, 0.29) is 11.1 Å². The molecule has 0 fully saturated rings. The van der Waals surface area contributed by atoms with Crippen molar-refractivity contribution in [3.8, 4) is 0 Å². The van der Waals surface area contributed by atoms with Crippen LogP contribution in [0, 0.1) is 0 Å². The van der Waals surface area contributed by atoms with Gasteiger partial charge >= 0.3 is 5.97 Å². The zero-order chi connectivity index (χ0) is 13.5. The van der Waals surface area contributed by atoms with Crippen molar-refractivity contribution in [3.05, 3.63) is 21.3 Å². The summed E-state index contributed by atoms with van der Waals surface area (Å²) in [5.41, 5.74) is 0. The Balaban J connectivity index is 2.40. The van der Waals surface area contributed by atoms with E-state index in [0.29, 0.717) is 41.9 Å². The van der Waals surface area contributed by atoms with Crippen LogP contribution in [0.4, 0.5) is 5.82 Å². The quantitative estimate of drug-likeness (QED) is 0.493. The Bertz CT molecular complexity index is 427. The van der Waals surface area contributed by atoms with Gasteiger partial charge in [-0.1, -0.05) is 34.8 Å². The summed E-state index contributed by atoms with van der Waals surface area (Å²) in [6.07, 6.45) is 0.969. The van der Waals surface area contributed by atoms with Crippen LogP contribution in [-0.4, -0.2) is 24.1 Å². The fourth-order valence-corrected chi connectivity index (χ4v) is 1.81. The molecule has 100 valence electrons. The molecule has 0 aromatic carbocycles. The number of anilines is 1. The Labute approximate surface area is 121 Å². The van der Waals surface area contributed by atoms with Crippen molar-refractivity contribution in [2.24, 2.45) is 0 Å². The van der Waals surface area contributed by atoms with E-state index in [0.717, 1.165) is 0 Å². The zero-order valence-electron chi connectivity index (χ0n) is 9.80. The lowest BCUT2D eigenvalue weighted by molar-refractivity contribution is -0.143. The molecule has 0 aliphatic rings. The monoisotopic (exact) mass is 310 g/mol. The molecule has 4 nitrogen and oxygen atoms in total. The number of rotatable bonds is 6. The highest BCUT2D eigenvalue weighted by molar-refractivity contribution is 6.42. The summed E-state index contributed by atoms with van der Waals surface area (Å²) in [6, 6.07) is 1.52. The fraction of sp³-hybridized carbons (Fsp3) is 0.455. The number of aromatic nitrogens is 1. The van der Waals surface area contributed by atoms with Crippen molar-refractivity contribution < 1.29 is 9.53 Å². The lowest BCUT2D eigenvalue weighted by Gasteiger charge is -2.08. The van der Waals surface area contributed by atoms with Crippen molar-refractivity contribution in [1.82, 2.24) is 4.98 Å². The summed E-state index contributed by atoms with van der Waals surface area (Å²) in [7, 11) is 0. The summed E-state index contributed by atoms with van der Waals surface area (Å²) < 4.78 is 4.81. The van der Waals surface area contributed by atoms with Crippen LogP contribution >= 0.6 is 34.8 Å². The maximum Gasteiger partial charge on any atom is 0.305 e. The van der Waals surface area contributed by atoms with Crippen LogP contribution in [0.2, 0.25) is 15.2 Å². The summed E-state index contributed by atoms with van der Waals surface area (Å²) in [5.74, 6) is 0.238. The summed E-state index contributed by atoms with van der Waals surface area (Å²) in [6.45, 7) is 2.71. The van der Waals surface area contributed by atoms with Crippen LogP contribution in [0.3, 0.4) is 0 Å². The number of esters is 1. The Morgan fingerprint density at radius 1 is 1.39 bits per heavy atom. The molecule has 1 rings (SSSR count). The average molecular weight is 312 g/mol. The summed E-state index contributed by atoms with van der Waals surface area (Å²) in [4.78, 5) is 15.1. The molecule has 0 saturated carbocycles. The van der Waals surface area contributed by atoms with Gasteiger partial charge in [-0.15, -0.1) is 0 Å². The number of carbonyl (C=O) groups is 1. The Kier molecular flexibility index (Phi) is 6.54. The molecule has 0 aliphatic carbocycles. The largest absolute Gasteiger partial charge is 0.466 e. The molecule has 7 heteroatoms. The van der Waals surface area contributed by atoms with Crippen LogP contribution in [0.1, 0.15) is 19.8 Å². The number of halogens is 3. The molecule has 0 amide bonds. The highest BCUT2D eigenvalue weighted by atomic mass is 35.5. The number of hydrogen-bond donors (Lipinski definition) is 1. The number of pyridine rings is 1. The number of nitrogens with zero attached hydrogens (tertiary/aromatic N) is 1. The second-order valence-corrected chi connectivity index (χ2v) is 4.60. The van der Waals surface area contributed by atoms with Crippen LogP contribution in [0.25, 0.3) is 0 Å². The minimum Gasteiger partial charge on any atom is -0.466 e. The van der Waals surface area contributed by atoms with Gasteiger partial charge in [0.1, 0.15) is 11.0 Å². The van der Waals surface area contributed by atoms with Gasteiger partial charge in [0.05, 0.1) is 16.7 Å². The molecule has 1 aromatic heterocycles. The van der Waals surface area contributed by atoms with E-state index in [1.54, 1.807) is 6.92 Å². The second-order valence-electron chi connectivity index (χ2n) is 3.43. The van der Waals surface area contributed by atoms with Gasteiger partial charge in [0.2, 0.25) is 0 Å². The van der Waals surface area contributed by atoms with Crippen molar-refractivity contribution in [1.29, 1.82) is 0 Å². The van der Waals surface area contributed by atoms with Crippen molar-refractivity contribution in [2.75, 3.05) is 18.5 Å². The SMILES string of the molecule is CCOC(=O)CCCNc1nc(Cl)c(Cl)cc1Cl. The van der Waals surface area contributed by atoms with Gasteiger partial charge in [-0.3, -0.25) is 4.79 Å². The van der Waals surface area contributed by atoms with E-state index in [4.69, 9.17) is 39.5 Å². The first-order chi connectivity index (χ1) is 8.54. The molecular weight excluding hydrogens is 298 g/mol. The van der Waals surface area contributed by atoms with E-state index in [1.807, 2.05) is 0 Å². The molecule has 0 unspecified atom stereocenters. The van der Waals surface area contributed by atoms with Gasteiger partial charge in [0.15, 0.2) is 0 Å². The first-order valence-corrected chi connectivity index (χ1v) is 6.59. The molecule has 0 bridgehead atoms. The second kappa shape index (κ2) is 7.67. The van der Waals surface area contributed by atoms with E-state index in [2.05, 4.69) is 10.3 Å². The molecule has 0 aliphatic heterocycles. The van der Waals surface area contributed by atoms with Gasteiger partial charge < -0.3 is 10.1 Å². The van der Waals surface area contributed by atoms with Crippen molar-refractivity contribution in [3.63, 3.8) is 0 Å². The lowest BCUT2D eigenvalue weighted by atomic mass is 10.3. The van der Waals surface area contributed by atoms with Gasteiger partial charge in [-0.2, -0.15) is 0 Å². The van der Waals surface area contributed by atoms with E-state index >= 15 is 0 Å². The van der Waals surface area contributed by atoms with Crippen LogP contribution in [0.15, 0.2) is 6.07 Å². The standard InChI is InChI=1S/C11H13Cl3N2O2/c1-2-18-9(17)4-3-5-15-11-8(13)6-7(12)10(14)16-11/h6H,2-5H2,1H3,(H,15,16). The van der Waals surface area contributed by atoms with Crippen LogP contribution in [-0.2, 0) is 9.53 Å². The molecule has 1 heterocycles. The third-order valence-electron chi connectivity index (χ3n) is 2.04. The minimum absolute atomic E-state index is 0.189. The molecule has 1 N–H and O–H groups in total. The molecule has 18 heavy (non-hydrogen) atoms. The maximum absolute atomic E-state index is 11.1. The van der Waals surface area contributed by atoms with E-state index in [1.165, 1.54) is 6.07 Å². The predicted molar refractivity (Wildman–Crippen MR) is 73.6 cm³/mol. The molecule has 0 radical (unpaired) electrons. The highest BCUT2D eigenvalue weighted by Crippen LogP contribution is 2.28. The smallest absolute Gasteiger partial charge is 0.305 e. The average Bonchev–Trinajstić information content (AvgIpc) is 2.31. The van der Waals surface area contributed by atoms with Crippen LogP contribution < -0.4 is 5.32 Å². The molecule has 0 saturated heterocycles. The first kappa shape index (κ1) is 15.3. The van der Waals surface area contributed by atoms with Crippen molar-refractivity contribution >= 4 is 46.6 Å². The number of hydrogen-bond acceptors (Lipinski definition) is 4. The van der Waals surface area contributed by atoms with Crippen LogP contribution in [0.5, 0.6) is 0 Å². The normalized spacial score (nSPS) is 10.2. The van der Waals surface area contributed by atoms with Crippen molar-refractivity contribution in [2.45, 2.75) is 19.8 Å². The van der Waals surface area contributed by atoms with E-state index < -0.39 is 0 Å². The molecule has 0 spiro atoms. The van der Waals surface area contributed by atoms with Gasteiger partial charge in [0.25, 0.3) is 0 Å². The molecular formula is C11H13Cl3N2O2. The predicted octanol–water partition coefficient (Wildman–Crippen LogP) is 3.80. The Morgan fingerprint density at radius 2 is 2.11 bits per heavy atom. The molecule has 1 aromatic rings. The first-order valence-electron chi connectivity index (χ1n) is 5.45. The highest BCUT2D eigenvalue weighted by Gasteiger charge is 2.07. The van der Waals surface area contributed by atoms with E-state index in [9.17, 15) is 4.79 Å². The molecule has 0 atom stereocenters. The van der Waals surface area contributed by atoms with Gasteiger partial charge in [0, 0.05) is 13.0 Å². The van der Waals surface area contributed by atoms with Gasteiger partial charge in [-0.05, 0) is 19.4 Å². The lowest BCUT2D eigenvalue weighted by Crippen LogP contribution is -2.09. The number of nitrogens with one attached hydrogen (secondary N) is 1. The summed E-state index contributed by atoms with van der Waals surface area (Å²) >= 11 is 17.5. The third kappa shape index (κ3) is 4.88. The Hall–Kier alpha value is -0.710. The maximum atomic E-state index is 11.1. The third-order valence-corrected chi connectivity index (χ3v) is 3.00.